The average molecular weight is 352 g/mol. The molecule has 7 heteroatoms. The molecule has 0 bridgehead atoms. The van der Waals surface area contributed by atoms with Crippen LogP contribution in [0.25, 0.3) is 10.8 Å². The maximum absolute atomic E-state index is 5.84. The Hall–Kier alpha value is -3.09. The molecule has 2 N–H and O–H groups in total. The Morgan fingerprint density at radius 2 is 2.00 bits per heavy atom. The Bertz CT molecular complexity index is 873. The molecule has 0 aliphatic rings. The van der Waals surface area contributed by atoms with Gasteiger partial charge in [0.2, 0.25) is 0 Å². The molecule has 1 heterocycles. The van der Waals surface area contributed by atoms with Crippen LogP contribution in [-0.4, -0.2) is 40.9 Å². The first kappa shape index (κ1) is 17.7. The summed E-state index contributed by atoms with van der Waals surface area (Å²) in [6.07, 6.45) is 2.55. The second-order valence-corrected chi connectivity index (χ2v) is 5.92. The zero-order valence-electron chi connectivity index (χ0n) is 15.1. The van der Waals surface area contributed by atoms with E-state index in [2.05, 4.69) is 50.1 Å². The number of hydrogen-bond acceptors (Lipinski definition) is 4. The minimum atomic E-state index is 0.573. The van der Waals surface area contributed by atoms with Gasteiger partial charge in [-0.3, -0.25) is 4.99 Å². The van der Waals surface area contributed by atoms with E-state index in [4.69, 9.17) is 4.74 Å². The molecule has 0 atom stereocenters. The monoisotopic (exact) mass is 352 g/mol. The molecule has 0 fully saturated rings. The fourth-order valence-corrected chi connectivity index (χ4v) is 2.58. The van der Waals surface area contributed by atoms with Gasteiger partial charge < -0.3 is 19.9 Å². The number of benzene rings is 2. The van der Waals surface area contributed by atoms with Crippen LogP contribution < -0.4 is 15.4 Å². The molecule has 0 unspecified atom stereocenters. The van der Waals surface area contributed by atoms with Gasteiger partial charge in [-0.25, -0.2) is 0 Å². The van der Waals surface area contributed by atoms with Crippen molar-refractivity contribution in [3.05, 3.63) is 54.6 Å². The van der Waals surface area contributed by atoms with Gasteiger partial charge in [-0.2, -0.15) is 0 Å². The minimum Gasteiger partial charge on any atom is -0.494 e. The number of rotatable bonds is 7. The van der Waals surface area contributed by atoms with Gasteiger partial charge in [0.1, 0.15) is 12.1 Å². The summed E-state index contributed by atoms with van der Waals surface area (Å²) in [5.41, 5.74) is 0. The Balaban J connectivity index is 1.38. The van der Waals surface area contributed by atoms with Gasteiger partial charge in [0.05, 0.1) is 13.2 Å². The van der Waals surface area contributed by atoms with E-state index in [0.29, 0.717) is 13.2 Å². The standard InChI is InChI=1S/C19H24N6O/c1-20-19(22-13-18-24-23-14-25(18)2)21-10-5-11-26-17-9-8-15-6-3-4-7-16(15)12-17/h3-4,6-9,12,14H,5,10-11,13H2,1-2H3,(H2,20,21,22). The van der Waals surface area contributed by atoms with Crippen molar-refractivity contribution < 1.29 is 4.74 Å². The van der Waals surface area contributed by atoms with Crippen LogP contribution in [0, 0.1) is 0 Å². The summed E-state index contributed by atoms with van der Waals surface area (Å²) in [6.45, 7) is 1.99. The highest BCUT2D eigenvalue weighted by Gasteiger charge is 2.03. The number of aliphatic imine (C=N–C) groups is 1. The molecule has 0 spiro atoms. The van der Waals surface area contributed by atoms with Gasteiger partial charge in [0, 0.05) is 20.6 Å². The predicted octanol–water partition coefficient (Wildman–Crippen LogP) is 2.10. The Kier molecular flexibility index (Phi) is 6.03. The molecule has 0 saturated heterocycles. The second-order valence-electron chi connectivity index (χ2n) is 5.92. The van der Waals surface area contributed by atoms with Crippen LogP contribution >= 0.6 is 0 Å². The SMILES string of the molecule is CN=C(NCCCOc1ccc2ccccc2c1)NCc1nncn1C. The third kappa shape index (κ3) is 4.72. The molecule has 0 radical (unpaired) electrons. The molecule has 3 aromatic rings. The maximum Gasteiger partial charge on any atom is 0.191 e. The normalized spacial score (nSPS) is 11.5. The van der Waals surface area contributed by atoms with E-state index in [9.17, 15) is 0 Å². The summed E-state index contributed by atoms with van der Waals surface area (Å²) in [5, 5.41) is 16.8. The number of aromatic nitrogens is 3. The van der Waals surface area contributed by atoms with Crippen LogP contribution in [0.1, 0.15) is 12.2 Å². The highest BCUT2D eigenvalue weighted by Crippen LogP contribution is 2.20. The molecule has 0 amide bonds. The van der Waals surface area contributed by atoms with E-state index < -0.39 is 0 Å². The summed E-state index contributed by atoms with van der Waals surface area (Å²) in [6, 6.07) is 14.4. The first-order chi connectivity index (χ1) is 12.8. The topological polar surface area (TPSA) is 76.4 Å². The van der Waals surface area contributed by atoms with Crippen LogP contribution in [0.15, 0.2) is 53.8 Å². The minimum absolute atomic E-state index is 0.573. The smallest absolute Gasteiger partial charge is 0.191 e. The van der Waals surface area contributed by atoms with Crippen LogP contribution in [0.3, 0.4) is 0 Å². The predicted molar refractivity (Wildman–Crippen MR) is 103 cm³/mol. The molecular formula is C19H24N6O. The van der Waals surface area contributed by atoms with Crippen LogP contribution in [0.2, 0.25) is 0 Å². The lowest BCUT2D eigenvalue weighted by Gasteiger charge is -2.12. The van der Waals surface area contributed by atoms with Crippen molar-refractivity contribution in [3.63, 3.8) is 0 Å². The van der Waals surface area contributed by atoms with Crippen LogP contribution in [0.4, 0.5) is 0 Å². The Labute approximate surface area is 153 Å². The average Bonchev–Trinajstić information content (AvgIpc) is 3.08. The first-order valence-corrected chi connectivity index (χ1v) is 8.65. The Morgan fingerprint density at radius 3 is 2.77 bits per heavy atom. The highest BCUT2D eigenvalue weighted by molar-refractivity contribution is 5.83. The number of hydrogen-bond donors (Lipinski definition) is 2. The third-order valence-corrected chi connectivity index (χ3v) is 4.05. The largest absolute Gasteiger partial charge is 0.494 e. The summed E-state index contributed by atoms with van der Waals surface area (Å²) in [7, 11) is 3.66. The number of aryl methyl sites for hydroxylation is 1. The quantitative estimate of drug-likeness (QED) is 0.387. The molecular weight excluding hydrogens is 328 g/mol. The van der Waals surface area contributed by atoms with Gasteiger partial charge in [-0.15, -0.1) is 10.2 Å². The third-order valence-electron chi connectivity index (χ3n) is 4.05. The lowest BCUT2D eigenvalue weighted by atomic mass is 10.1. The van der Waals surface area contributed by atoms with E-state index in [1.807, 2.05) is 29.8 Å². The molecule has 3 rings (SSSR count). The number of nitrogens with one attached hydrogen (secondary N) is 2. The highest BCUT2D eigenvalue weighted by atomic mass is 16.5. The molecule has 0 aliphatic heterocycles. The fraction of sp³-hybridized carbons (Fsp3) is 0.316. The van der Waals surface area contributed by atoms with E-state index in [1.165, 1.54) is 10.8 Å². The zero-order valence-corrected chi connectivity index (χ0v) is 15.1. The number of ether oxygens (including phenoxy) is 1. The van der Waals surface area contributed by atoms with Crippen molar-refractivity contribution in [2.75, 3.05) is 20.2 Å². The lowest BCUT2D eigenvalue weighted by molar-refractivity contribution is 0.311. The van der Waals surface area contributed by atoms with E-state index >= 15 is 0 Å². The van der Waals surface area contributed by atoms with Crippen molar-refractivity contribution in [1.82, 2.24) is 25.4 Å². The van der Waals surface area contributed by atoms with E-state index in [0.717, 1.165) is 30.5 Å². The summed E-state index contributed by atoms with van der Waals surface area (Å²) < 4.78 is 7.71. The van der Waals surface area contributed by atoms with Crippen molar-refractivity contribution in [1.29, 1.82) is 0 Å². The van der Waals surface area contributed by atoms with Crippen molar-refractivity contribution >= 4 is 16.7 Å². The fourth-order valence-electron chi connectivity index (χ4n) is 2.58. The van der Waals surface area contributed by atoms with Crippen molar-refractivity contribution in [2.24, 2.45) is 12.0 Å². The van der Waals surface area contributed by atoms with E-state index in [1.54, 1.807) is 13.4 Å². The molecule has 0 aliphatic carbocycles. The number of fused-ring (bicyclic) bond motifs is 1. The molecule has 26 heavy (non-hydrogen) atoms. The lowest BCUT2D eigenvalue weighted by Crippen LogP contribution is -2.38. The second kappa shape index (κ2) is 8.84. The van der Waals surface area contributed by atoms with Crippen molar-refractivity contribution in [3.8, 4) is 5.75 Å². The number of guanidine groups is 1. The van der Waals surface area contributed by atoms with Crippen LogP contribution in [0.5, 0.6) is 5.75 Å². The molecule has 7 nitrogen and oxygen atoms in total. The van der Waals surface area contributed by atoms with Gasteiger partial charge in [-0.05, 0) is 29.3 Å². The maximum atomic E-state index is 5.84. The molecule has 136 valence electrons. The van der Waals surface area contributed by atoms with Gasteiger partial charge in [-0.1, -0.05) is 30.3 Å². The first-order valence-electron chi connectivity index (χ1n) is 8.65. The summed E-state index contributed by atoms with van der Waals surface area (Å²) in [5.74, 6) is 2.49. The van der Waals surface area contributed by atoms with Gasteiger partial charge in [0.15, 0.2) is 11.8 Å². The van der Waals surface area contributed by atoms with Crippen LogP contribution in [-0.2, 0) is 13.6 Å². The molecule has 1 aromatic heterocycles. The molecule has 0 saturated carbocycles. The van der Waals surface area contributed by atoms with Gasteiger partial charge in [0.25, 0.3) is 0 Å². The van der Waals surface area contributed by atoms with Crippen molar-refractivity contribution in [2.45, 2.75) is 13.0 Å². The summed E-state index contributed by atoms with van der Waals surface area (Å²) >= 11 is 0. The van der Waals surface area contributed by atoms with E-state index in [-0.39, 0.29) is 0 Å². The zero-order chi connectivity index (χ0) is 18.2. The van der Waals surface area contributed by atoms with Gasteiger partial charge >= 0.3 is 0 Å². The summed E-state index contributed by atoms with van der Waals surface area (Å²) in [4.78, 5) is 4.20. The molecule has 2 aromatic carbocycles. The Morgan fingerprint density at radius 1 is 1.15 bits per heavy atom. The number of nitrogens with zero attached hydrogens (tertiary/aromatic N) is 4.